The van der Waals surface area contributed by atoms with Crippen LogP contribution >= 0.6 is 11.8 Å². The van der Waals surface area contributed by atoms with Crippen LogP contribution in [0.3, 0.4) is 0 Å². The SMILES string of the molecule is Cc1cccc(C)c1-n1nnnc1SCc1coc(-c2cccc(F)c2)n1. The molecule has 2 heterocycles. The molecule has 27 heavy (non-hydrogen) atoms. The van der Waals surface area contributed by atoms with E-state index >= 15 is 0 Å². The Morgan fingerprint density at radius 1 is 1.11 bits per heavy atom. The minimum Gasteiger partial charge on any atom is -0.444 e. The summed E-state index contributed by atoms with van der Waals surface area (Å²) in [4.78, 5) is 4.43. The number of halogens is 1. The largest absolute Gasteiger partial charge is 0.444 e. The number of thioether (sulfide) groups is 1. The Labute approximate surface area is 159 Å². The summed E-state index contributed by atoms with van der Waals surface area (Å²) in [6.07, 6.45) is 1.57. The van der Waals surface area contributed by atoms with Gasteiger partial charge in [-0.25, -0.2) is 9.37 Å². The van der Waals surface area contributed by atoms with Crippen molar-refractivity contribution in [1.82, 2.24) is 25.2 Å². The van der Waals surface area contributed by atoms with Crippen LogP contribution in [0.1, 0.15) is 16.8 Å². The molecule has 0 radical (unpaired) electrons. The highest BCUT2D eigenvalue weighted by molar-refractivity contribution is 7.98. The van der Waals surface area contributed by atoms with Crippen molar-refractivity contribution < 1.29 is 8.81 Å². The molecule has 2 aromatic carbocycles. The molecule has 0 N–H and O–H groups in total. The molecular weight excluding hydrogens is 365 g/mol. The number of hydrogen-bond donors (Lipinski definition) is 0. The van der Waals surface area contributed by atoms with Gasteiger partial charge in [0.2, 0.25) is 11.0 Å². The van der Waals surface area contributed by atoms with Crippen LogP contribution in [-0.2, 0) is 5.75 Å². The van der Waals surface area contributed by atoms with E-state index in [0.29, 0.717) is 22.4 Å². The van der Waals surface area contributed by atoms with Gasteiger partial charge in [-0.3, -0.25) is 0 Å². The van der Waals surface area contributed by atoms with Gasteiger partial charge < -0.3 is 4.42 Å². The van der Waals surface area contributed by atoms with Gasteiger partial charge in [-0.2, -0.15) is 4.68 Å². The molecule has 4 rings (SSSR count). The third kappa shape index (κ3) is 3.61. The van der Waals surface area contributed by atoms with Crippen molar-refractivity contribution in [2.45, 2.75) is 24.8 Å². The first-order valence-corrected chi connectivity index (χ1v) is 9.28. The summed E-state index contributed by atoms with van der Waals surface area (Å²) in [5.41, 5.74) is 4.51. The standard InChI is InChI=1S/C19H16FN5OS/c1-12-5-3-6-13(2)17(12)25-19(22-23-24-25)27-11-16-10-26-18(21-16)14-7-4-8-15(20)9-14/h3-10H,11H2,1-2H3. The molecule has 8 heteroatoms. The Bertz CT molecular complexity index is 1070. The molecule has 6 nitrogen and oxygen atoms in total. The van der Waals surface area contributed by atoms with Crippen molar-refractivity contribution in [2.75, 3.05) is 0 Å². The van der Waals surface area contributed by atoms with Crippen LogP contribution in [0.2, 0.25) is 0 Å². The second-order valence-corrected chi connectivity index (χ2v) is 7.00. The average Bonchev–Trinajstić information content (AvgIpc) is 3.29. The highest BCUT2D eigenvalue weighted by Crippen LogP contribution is 2.27. The van der Waals surface area contributed by atoms with Gasteiger partial charge >= 0.3 is 0 Å². The third-order valence-corrected chi connectivity index (χ3v) is 5.02. The first-order chi connectivity index (χ1) is 13.1. The molecule has 0 unspecified atom stereocenters. The van der Waals surface area contributed by atoms with Gasteiger partial charge in [0.1, 0.15) is 12.1 Å². The predicted octanol–water partition coefficient (Wildman–Crippen LogP) is 4.37. The molecule has 0 atom stereocenters. The fourth-order valence-corrected chi connectivity index (χ4v) is 3.57. The summed E-state index contributed by atoms with van der Waals surface area (Å²) in [6.45, 7) is 4.06. The molecule has 0 saturated heterocycles. The number of tetrazole rings is 1. The maximum Gasteiger partial charge on any atom is 0.226 e. The van der Waals surface area contributed by atoms with Crippen molar-refractivity contribution in [3.05, 3.63) is 71.4 Å². The van der Waals surface area contributed by atoms with Crippen molar-refractivity contribution in [1.29, 1.82) is 0 Å². The number of aromatic nitrogens is 5. The van der Waals surface area contributed by atoms with Gasteiger partial charge in [-0.1, -0.05) is 36.0 Å². The lowest BCUT2D eigenvalue weighted by Crippen LogP contribution is -2.04. The smallest absolute Gasteiger partial charge is 0.226 e. The predicted molar refractivity (Wildman–Crippen MR) is 100 cm³/mol. The fourth-order valence-electron chi connectivity index (χ4n) is 2.81. The quantitative estimate of drug-likeness (QED) is 0.478. The van der Waals surface area contributed by atoms with E-state index in [1.807, 2.05) is 32.0 Å². The number of rotatable bonds is 5. The first-order valence-electron chi connectivity index (χ1n) is 8.30. The van der Waals surface area contributed by atoms with Crippen molar-refractivity contribution in [3.63, 3.8) is 0 Å². The van der Waals surface area contributed by atoms with Crippen molar-refractivity contribution >= 4 is 11.8 Å². The number of aryl methyl sites for hydroxylation is 2. The van der Waals surface area contributed by atoms with Crippen LogP contribution in [-0.4, -0.2) is 25.2 Å². The van der Waals surface area contributed by atoms with E-state index in [1.165, 1.54) is 23.9 Å². The lowest BCUT2D eigenvalue weighted by atomic mass is 10.1. The molecular formula is C19H16FN5OS. The number of oxazole rings is 1. The lowest BCUT2D eigenvalue weighted by molar-refractivity contribution is 0.571. The number of nitrogens with zero attached hydrogens (tertiary/aromatic N) is 5. The number of para-hydroxylation sites is 1. The zero-order valence-corrected chi connectivity index (χ0v) is 15.6. The monoisotopic (exact) mass is 381 g/mol. The van der Waals surface area contributed by atoms with E-state index < -0.39 is 0 Å². The molecule has 0 amide bonds. The second-order valence-electron chi connectivity index (χ2n) is 6.06. The summed E-state index contributed by atoms with van der Waals surface area (Å²) < 4.78 is 20.6. The molecule has 0 aliphatic heterocycles. The van der Waals surface area contributed by atoms with Crippen LogP contribution < -0.4 is 0 Å². The summed E-state index contributed by atoms with van der Waals surface area (Å²) >= 11 is 1.46. The summed E-state index contributed by atoms with van der Waals surface area (Å²) in [6, 6.07) is 12.2. The Morgan fingerprint density at radius 2 is 1.89 bits per heavy atom. The molecule has 0 bridgehead atoms. The Kier molecular flexibility index (Phi) is 4.72. The van der Waals surface area contributed by atoms with E-state index in [4.69, 9.17) is 4.42 Å². The normalized spacial score (nSPS) is 11.1. The van der Waals surface area contributed by atoms with E-state index in [2.05, 4.69) is 20.5 Å². The summed E-state index contributed by atoms with van der Waals surface area (Å²) in [7, 11) is 0. The Morgan fingerprint density at radius 3 is 2.67 bits per heavy atom. The van der Waals surface area contributed by atoms with Crippen LogP contribution in [0.15, 0.2) is 58.3 Å². The van der Waals surface area contributed by atoms with E-state index in [-0.39, 0.29) is 5.82 Å². The Hall–Kier alpha value is -3.00. The molecule has 136 valence electrons. The molecule has 4 aromatic rings. The molecule has 2 aromatic heterocycles. The maximum atomic E-state index is 13.4. The number of benzene rings is 2. The first kappa shape index (κ1) is 17.4. The Balaban J connectivity index is 1.54. The molecule has 0 aliphatic carbocycles. The van der Waals surface area contributed by atoms with Gasteiger partial charge in [-0.15, -0.1) is 5.10 Å². The highest BCUT2D eigenvalue weighted by Gasteiger charge is 2.15. The lowest BCUT2D eigenvalue weighted by Gasteiger charge is -2.10. The highest BCUT2D eigenvalue weighted by atomic mass is 32.2. The van der Waals surface area contributed by atoms with Gasteiger partial charge in [0.05, 0.1) is 11.4 Å². The topological polar surface area (TPSA) is 69.6 Å². The molecule has 0 saturated carbocycles. The van der Waals surface area contributed by atoms with Crippen molar-refractivity contribution in [2.24, 2.45) is 0 Å². The van der Waals surface area contributed by atoms with E-state index in [9.17, 15) is 4.39 Å². The molecule has 0 fully saturated rings. The van der Waals surface area contributed by atoms with E-state index in [1.54, 1.807) is 23.1 Å². The third-order valence-electron chi connectivity index (χ3n) is 4.06. The zero-order chi connectivity index (χ0) is 18.8. The van der Waals surface area contributed by atoms with Crippen LogP contribution in [0.4, 0.5) is 4.39 Å². The van der Waals surface area contributed by atoms with Gasteiger partial charge in [-0.05, 0) is 53.6 Å². The number of hydrogen-bond acceptors (Lipinski definition) is 6. The van der Waals surface area contributed by atoms with E-state index in [0.717, 1.165) is 22.5 Å². The van der Waals surface area contributed by atoms with Gasteiger partial charge in [0.15, 0.2) is 0 Å². The zero-order valence-electron chi connectivity index (χ0n) is 14.8. The maximum absolute atomic E-state index is 13.4. The minimum atomic E-state index is -0.325. The van der Waals surface area contributed by atoms with Crippen molar-refractivity contribution in [3.8, 4) is 17.1 Å². The van der Waals surface area contributed by atoms with Gasteiger partial charge in [0.25, 0.3) is 0 Å². The average molecular weight is 381 g/mol. The summed E-state index contributed by atoms with van der Waals surface area (Å²) in [5.74, 6) is 0.596. The summed E-state index contributed by atoms with van der Waals surface area (Å²) in [5, 5.41) is 12.7. The fraction of sp³-hybridized carbons (Fsp3) is 0.158. The van der Waals surface area contributed by atoms with Crippen LogP contribution in [0.25, 0.3) is 17.1 Å². The second kappa shape index (κ2) is 7.32. The van der Waals surface area contributed by atoms with Gasteiger partial charge in [0, 0.05) is 11.3 Å². The minimum absolute atomic E-state index is 0.325. The van der Waals surface area contributed by atoms with Crippen LogP contribution in [0, 0.1) is 19.7 Å². The molecule has 0 spiro atoms. The van der Waals surface area contributed by atoms with Crippen LogP contribution in [0.5, 0.6) is 0 Å². The molecule has 0 aliphatic rings.